The van der Waals surface area contributed by atoms with Crippen molar-refractivity contribution in [3.63, 3.8) is 0 Å². The number of anilines is 1. The lowest BCUT2D eigenvalue weighted by atomic mass is 10.2. The van der Waals surface area contributed by atoms with Gasteiger partial charge in [-0.15, -0.1) is 0 Å². The standard InChI is InChI=1S/C13H17N5O/c1-17(2)13(19)5-6-18-9-15-8-11(18)10-3-4-12(14)16-7-10/h3-4,7-9H,5-6H2,1-2H3,(H2,14,16). The number of hydrogen-bond donors (Lipinski definition) is 1. The van der Waals surface area contributed by atoms with Crippen LogP contribution in [-0.4, -0.2) is 39.4 Å². The Morgan fingerprint density at radius 2 is 2.16 bits per heavy atom. The number of carbonyl (C=O) groups excluding carboxylic acids is 1. The fraction of sp³-hybridized carbons (Fsp3) is 0.308. The van der Waals surface area contributed by atoms with Crippen molar-refractivity contribution in [3.8, 4) is 11.3 Å². The topological polar surface area (TPSA) is 77.0 Å². The quantitative estimate of drug-likeness (QED) is 0.888. The number of nitrogen functional groups attached to an aromatic ring is 1. The third-order valence-electron chi connectivity index (χ3n) is 2.86. The van der Waals surface area contributed by atoms with E-state index in [4.69, 9.17) is 5.73 Å². The maximum absolute atomic E-state index is 11.6. The first-order valence-electron chi connectivity index (χ1n) is 6.00. The molecule has 0 fully saturated rings. The van der Waals surface area contributed by atoms with Crippen molar-refractivity contribution in [2.75, 3.05) is 19.8 Å². The molecule has 2 heterocycles. The number of aryl methyl sites for hydroxylation is 1. The van der Waals surface area contributed by atoms with Crippen LogP contribution < -0.4 is 5.73 Å². The largest absolute Gasteiger partial charge is 0.384 e. The summed E-state index contributed by atoms with van der Waals surface area (Å²) in [5.41, 5.74) is 7.43. The summed E-state index contributed by atoms with van der Waals surface area (Å²) in [6, 6.07) is 3.64. The molecule has 0 aliphatic heterocycles. The van der Waals surface area contributed by atoms with Crippen molar-refractivity contribution in [1.29, 1.82) is 0 Å². The van der Waals surface area contributed by atoms with Gasteiger partial charge in [-0.05, 0) is 12.1 Å². The first kappa shape index (κ1) is 13.1. The zero-order valence-electron chi connectivity index (χ0n) is 11.1. The van der Waals surface area contributed by atoms with E-state index >= 15 is 0 Å². The second-order valence-electron chi connectivity index (χ2n) is 4.48. The van der Waals surface area contributed by atoms with Crippen molar-refractivity contribution < 1.29 is 4.79 Å². The second kappa shape index (κ2) is 5.51. The van der Waals surface area contributed by atoms with Crippen molar-refractivity contribution in [3.05, 3.63) is 30.9 Å². The molecule has 0 aromatic carbocycles. The molecule has 0 bridgehead atoms. The zero-order chi connectivity index (χ0) is 13.8. The van der Waals surface area contributed by atoms with E-state index in [2.05, 4.69) is 9.97 Å². The minimum atomic E-state index is 0.0927. The van der Waals surface area contributed by atoms with Crippen LogP contribution in [0.25, 0.3) is 11.3 Å². The molecule has 0 radical (unpaired) electrons. The first-order chi connectivity index (χ1) is 9.08. The van der Waals surface area contributed by atoms with Gasteiger partial charge in [0.05, 0.1) is 18.2 Å². The van der Waals surface area contributed by atoms with E-state index in [0.29, 0.717) is 18.8 Å². The van der Waals surface area contributed by atoms with Gasteiger partial charge in [0, 0.05) is 38.8 Å². The van der Waals surface area contributed by atoms with Crippen LogP contribution in [0.5, 0.6) is 0 Å². The molecule has 0 saturated heterocycles. The molecule has 0 aliphatic carbocycles. The number of carbonyl (C=O) groups is 1. The summed E-state index contributed by atoms with van der Waals surface area (Å²) in [4.78, 5) is 21.4. The number of pyridine rings is 1. The molecule has 0 atom stereocenters. The Labute approximate surface area is 111 Å². The number of nitrogens with two attached hydrogens (primary N) is 1. The Kier molecular flexibility index (Phi) is 3.79. The lowest BCUT2D eigenvalue weighted by molar-refractivity contribution is -0.128. The number of amides is 1. The Morgan fingerprint density at radius 3 is 2.79 bits per heavy atom. The number of nitrogens with zero attached hydrogens (tertiary/aromatic N) is 4. The molecule has 2 rings (SSSR count). The van der Waals surface area contributed by atoms with Gasteiger partial charge in [-0.2, -0.15) is 0 Å². The van der Waals surface area contributed by atoms with Gasteiger partial charge in [0.15, 0.2) is 0 Å². The third kappa shape index (κ3) is 3.09. The predicted molar refractivity (Wildman–Crippen MR) is 73.2 cm³/mol. The molecule has 6 heteroatoms. The number of rotatable bonds is 4. The highest BCUT2D eigenvalue weighted by Gasteiger charge is 2.08. The van der Waals surface area contributed by atoms with Crippen molar-refractivity contribution in [1.82, 2.24) is 19.4 Å². The van der Waals surface area contributed by atoms with Gasteiger partial charge in [0.2, 0.25) is 5.91 Å². The van der Waals surface area contributed by atoms with Crippen LogP contribution in [0.3, 0.4) is 0 Å². The maximum atomic E-state index is 11.6. The number of imidazole rings is 1. The molecule has 1 amide bonds. The molecule has 100 valence electrons. The fourth-order valence-corrected chi connectivity index (χ4v) is 1.74. The van der Waals surface area contributed by atoms with Crippen LogP contribution in [0.4, 0.5) is 5.82 Å². The molecule has 0 spiro atoms. The predicted octanol–water partition coefficient (Wildman–Crippen LogP) is 1.01. The van der Waals surface area contributed by atoms with E-state index in [1.165, 1.54) is 0 Å². The van der Waals surface area contributed by atoms with E-state index in [1.54, 1.807) is 43.8 Å². The zero-order valence-corrected chi connectivity index (χ0v) is 11.1. The van der Waals surface area contributed by atoms with Crippen LogP contribution in [0.15, 0.2) is 30.9 Å². The average Bonchev–Trinajstić information content (AvgIpc) is 2.85. The van der Waals surface area contributed by atoms with Crippen LogP contribution in [0.2, 0.25) is 0 Å². The minimum absolute atomic E-state index is 0.0927. The molecule has 19 heavy (non-hydrogen) atoms. The van der Waals surface area contributed by atoms with Gasteiger partial charge in [-0.1, -0.05) is 0 Å². The van der Waals surface area contributed by atoms with Gasteiger partial charge in [0.1, 0.15) is 5.82 Å². The van der Waals surface area contributed by atoms with Gasteiger partial charge < -0.3 is 15.2 Å². The third-order valence-corrected chi connectivity index (χ3v) is 2.86. The molecule has 2 aromatic rings. The van der Waals surface area contributed by atoms with E-state index in [0.717, 1.165) is 11.3 Å². The molecule has 0 aliphatic rings. The Bertz CT molecular complexity index is 559. The molecule has 6 nitrogen and oxygen atoms in total. The highest BCUT2D eigenvalue weighted by atomic mass is 16.2. The van der Waals surface area contributed by atoms with Gasteiger partial charge >= 0.3 is 0 Å². The molecule has 0 unspecified atom stereocenters. The summed E-state index contributed by atoms with van der Waals surface area (Å²) < 4.78 is 1.94. The minimum Gasteiger partial charge on any atom is -0.384 e. The summed E-state index contributed by atoms with van der Waals surface area (Å²) in [6.07, 6.45) is 5.62. The lowest BCUT2D eigenvalue weighted by Crippen LogP contribution is -2.22. The maximum Gasteiger partial charge on any atom is 0.223 e. The molecule has 2 aromatic heterocycles. The Morgan fingerprint density at radius 1 is 1.37 bits per heavy atom. The number of aromatic nitrogens is 3. The van der Waals surface area contributed by atoms with Gasteiger partial charge in [-0.25, -0.2) is 9.97 Å². The Hall–Kier alpha value is -2.37. The number of hydrogen-bond acceptors (Lipinski definition) is 4. The summed E-state index contributed by atoms with van der Waals surface area (Å²) in [6.45, 7) is 0.594. The fourth-order valence-electron chi connectivity index (χ4n) is 1.74. The summed E-state index contributed by atoms with van der Waals surface area (Å²) in [7, 11) is 3.50. The highest BCUT2D eigenvalue weighted by Crippen LogP contribution is 2.19. The molecule has 2 N–H and O–H groups in total. The highest BCUT2D eigenvalue weighted by molar-refractivity contribution is 5.75. The van der Waals surface area contributed by atoms with Crippen LogP contribution in [0.1, 0.15) is 6.42 Å². The van der Waals surface area contributed by atoms with Gasteiger partial charge in [0.25, 0.3) is 0 Å². The molecular formula is C13H17N5O. The molecular weight excluding hydrogens is 242 g/mol. The summed E-state index contributed by atoms with van der Waals surface area (Å²) >= 11 is 0. The summed E-state index contributed by atoms with van der Waals surface area (Å²) in [5.74, 6) is 0.577. The lowest BCUT2D eigenvalue weighted by Gasteiger charge is -2.12. The van der Waals surface area contributed by atoms with Gasteiger partial charge in [-0.3, -0.25) is 4.79 Å². The van der Waals surface area contributed by atoms with E-state index in [9.17, 15) is 4.79 Å². The normalized spacial score (nSPS) is 10.4. The van der Waals surface area contributed by atoms with Crippen molar-refractivity contribution >= 4 is 11.7 Å². The summed E-state index contributed by atoms with van der Waals surface area (Å²) in [5, 5.41) is 0. The van der Waals surface area contributed by atoms with Crippen molar-refractivity contribution in [2.24, 2.45) is 0 Å². The molecule has 0 saturated carbocycles. The van der Waals surface area contributed by atoms with E-state index < -0.39 is 0 Å². The Balaban J connectivity index is 2.14. The van der Waals surface area contributed by atoms with Crippen molar-refractivity contribution in [2.45, 2.75) is 13.0 Å². The average molecular weight is 259 g/mol. The monoisotopic (exact) mass is 259 g/mol. The smallest absolute Gasteiger partial charge is 0.223 e. The first-order valence-corrected chi connectivity index (χ1v) is 6.00. The van der Waals surface area contributed by atoms with E-state index in [1.807, 2.05) is 10.6 Å². The van der Waals surface area contributed by atoms with E-state index in [-0.39, 0.29) is 5.91 Å². The van der Waals surface area contributed by atoms with Crippen LogP contribution in [-0.2, 0) is 11.3 Å². The SMILES string of the molecule is CN(C)C(=O)CCn1cncc1-c1ccc(N)nc1. The van der Waals surface area contributed by atoms with Crippen LogP contribution >= 0.6 is 0 Å². The van der Waals surface area contributed by atoms with Crippen LogP contribution in [0, 0.1) is 0 Å². The second-order valence-corrected chi connectivity index (χ2v) is 4.48.